The topological polar surface area (TPSA) is 34.1 Å². The lowest BCUT2D eigenvalue weighted by atomic mass is 9.94. The van der Waals surface area contributed by atoms with E-state index < -0.39 is 9.84 Å². The number of hydrogen-bond donors (Lipinski definition) is 0. The normalized spacial score (nSPS) is 12.3. The zero-order chi connectivity index (χ0) is 17.1. The van der Waals surface area contributed by atoms with Crippen molar-refractivity contribution in [1.29, 1.82) is 0 Å². The van der Waals surface area contributed by atoms with Gasteiger partial charge in [-0.05, 0) is 68.7 Å². The van der Waals surface area contributed by atoms with Gasteiger partial charge in [-0.3, -0.25) is 0 Å². The third kappa shape index (κ3) is 2.44. The van der Waals surface area contributed by atoms with Crippen LogP contribution in [0, 0.1) is 0 Å². The van der Waals surface area contributed by atoms with Gasteiger partial charge in [0, 0.05) is 16.3 Å². The van der Waals surface area contributed by atoms with E-state index in [9.17, 15) is 8.42 Å². The van der Waals surface area contributed by atoms with Crippen molar-refractivity contribution in [3.05, 3.63) is 64.6 Å². The van der Waals surface area contributed by atoms with Gasteiger partial charge in [-0.25, -0.2) is 8.42 Å². The van der Waals surface area contributed by atoms with Crippen LogP contribution in [0.3, 0.4) is 0 Å². The fourth-order valence-corrected chi connectivity index (χ4v) is 4.15. The molecule has 0 radical (unpaired) electrons. The maximum absolute atomic E-state index is 12.0. The first-order valence-electron chi connectivity index (χ1n) is 7.29. The highest BCUT2D eigenvalue weighted by molar-refractivity contribution is 7.90. The first kappa shape index (κ1) is 15.7. The van der Waals surface area contributed by atoms with Crippen LogP contribution in [0.5, 0.6) is 0 Å². The van der Waals surface area contributed by atoms with Crippen LogP contribution >= 0.6 is 23.2 Å². The lowest BCUT2D eigenvalue weighted by Gasteiger charge is -2.12. The molecule has 24 heavy (non-hydrogen) atoms. The van der Waals surface area contributed by atoms with Crippen molar-refractivity contribution in [2.75, 3.05) is 6.26 Å². The van der Waals surface area contributed by atoms with E-state index in [0.29, 0.717) is 10.0 Å². The van der Waals surface area contributed by atoms with E-state index in [0.717, 1.165) is 32.3 Å². The predicted molar refractivity (Wildman–Crippen MR) is 102 cm³/mol. The first-order valence-corrected chi connectivity index (χ1v) is 9.94. The molecule has 0 heterocycles. The van der Waals surface area contributed by atoms with E-state index in [2.05, 4.69) is 0 Å². The molecule has 0 saturated heterocycles. The third-order valence-electron chi connectivity index (χ3n) is 4.25. The minimum Gasteiger partial charge on any atom is -0.224 e. The van der Waals surface area contributed by atoms with E-state index in [1.807, 2.05) is 42.5 Å². The standard InChI is InChI=1S/C19H12Cl2O2S/c1-24(22,23)13-4-7-16-17-8-11(20)2-5-14(17)15-6-3-12(21)9-18(15)19(16)10-13/h2-10H,1H3. The van der Waals surface area contributed by atoms with Crippen LogP contribution in [0.25, 0.3) is 32.3 Å². The molecule has 0 amide bonds. The zero-order valence-corrected chi connectivity index (χ0v) is 15.0. The molecule has 0 saturated carbocycles. The van der Waals surface area contributed by atoms with Gasteiger partial charge in [0.25, 0.3) is 0 Å². The summed E-state index contributed by atoms with van der Waals surface area (Å²) in [4.78, 5) is 0.289. The largest absolute Gasteiger partial charge is 0.224 e. The number of hydrogen-bond acceptors (Lipinski definition) is 2. The monoisotopic (exact) mass is 374 g/mol. The molecule has 4 rings (SSSR count). The van der Waals surface area contributed by atoms with Gasteiger partial charge in [-0.2, -0.15) is 0 Å². The summed E-state index contributed by atoms with van der Waals surface area (Å²) in [6.07, 6.45) is 1.21. The van der Waals surface area contributed by atoms with Crippen LogP contribution < -0.4 is 0 Å². The number of benzene rings is 4. The fraction of sp³-hybridized carbons (Fsp3) is 0.0526. The molecule has 0 fully saturated rings. The molecular weight excluding hydrogens is 363 g/mol. The Bertz CT molecular complexity index is 1240. The fourth-order valence-electron chi connectivity index (χ4n) is 3.16. The van der Waals surface area contributed by atoms with Gasteiger partial charge in [0.15, 0.2) is 9.84 Å². The summed E-state index contributed by atoms with van der Waals surface area (Å²) in [5, 5.41) is 7.06. The second-order valence-electron chi connectivity index (χ2n) is 5.86. The minimum atomic E-state index is -3.29. The molecule has 0 bridgehead atoms. The average molecular weight is 375 g/mol. The molecule has 0 atom stereocenters. The third-order valence-corrected chi connectivity index (χ3v) is 5.83. The van der Waals surface area contributed by atoms with E-state index in [1.165, 1.54) is 6.26 Å². The van der Waals surface area contributed by atoms with Gasteiger partial charge in [0.1, 0.15) is 0 Å². The molecule has 2 nitrogen and oxygen atoms in total. The Balaban J connectivity index is 2.33. The van der Waals surface area contributed by atoms with Crippen molar-refractivity contribution < 1.29 is 8.42 Å². The number of rotatable bonds is 1. The second kappa shape index (κ2) is 5.35. The molecule has 0 aromatic heterocycles. The highest BCUT2D eigenvalue weighted by atomic mass is 35.5. The van der Waals surface area contributed by atoms with Crippen LogP contribution in [-0.4, -0.2) is 14.7 Å². The van der Waals surface area contributed by atoms with Crippen molar-refractivity contribution in [3.8, 4) is 0 Å². The van der Waals surface area contributed by atoms with Crippen molar-refractivity contribution in [1.82, 2.24) is 0 Å². The van der Waals surface area contributed by atoms with Gasteiger partial charge in [-0.15, -0.1) is 0 Å². The maximum Gasteiger partial charge on any atom is 0.175 e. The smallest absolute Gasteiger partial charge is 0.175 e. The van der Waals surface area contributed by atoms with Crippen molar-refractivity contribution in [2.24, 2.45) is 0 Å². The minimum absolute atomic E-state index is 0.289. The molecule has 0 aliphatic rings. The van der Waals surface area contributed by atoms with Gasteiger partial charge < -0.3 is 0 Å². The summed E-state index contributed by atoms with van der Waals surface area (Å²) >= 11 is 12.4. The average Bonchev–Trinajstić information content (AvgIpc) is 2.53. The van der Waals surface area contributed by atoms with E-state index in [4.69, 9.17) is 23.2 Å². The molecule has 5 heteroatoms. The summed E-state index contributed by atoms with van der Waals surface area (Å²) in [5.74, 6) is 0. The number of sulfone groups is 1. The van der Waals surface area contributed by atoms with E-state index in [1.54, 1.807) is 12.1 Å². The van der Waals surface area contributed by atoms with Gasteiger partial charge in [0.2, 0.25) is 0 Å². The first-order chi connectivity index (χ1) is 11.3. The quantitative estimate of drug-likeness (QED) is 0.391. The van der Waals surface area contributed by atoms with E-state index in [-0.39, 0.29) is 4.90 Å². The van der Waals surface area contributed by atoms with Crippen LogP contribution in [-0.2, 0) is 9.84 Å². The predicted octanol–water partition coefficient (Wildman–Crippen LogP) is 5.86. The molecule has 0 aliphatic heterocycles. The van der Waals surface area contributed by atoms with Crippen LogP contribution in [0.2, 0.25) is 10.0 Å². The van der Waals surface area contributed by atoms with E-state index >= 15 is 0 Å². The summed E-state index contributed by atoms with van der Waals surface area (Å²) in [5.41, 5.74) is 0. The zero-order valence-electron chi connectivity index (χ0n) is 12.7. The van der Waals surface area contributed by atoms with Gasteiger partial charge >= 0.3 is 0 Å². The van der Waals surface area contributed by atoms with Gasteiger partial charge in [0.05, 0.1) is 4.90 Å². The Morgan fingerprint density at radius 2 is 1.04 bits per heavy atom. The lowest BCUT2D eigenvalue weighted by Crippen LogP contribution is -1.96. The number of fused-ring (bicyclic) bond motifs is 6. The molecular formula is C19H12Cl2O2S. The van der Waals surface area contributed by atoms with Crippen molar-refractivity contribution in [3.63, 3.8) is 0 Å². The highest BCUT2D eigenvalue weighted by Crippen LogP contribution is 2.38. The highest BCUT2D eigenvalue weighted by Gasteiger charge is 2.13. The van der Waals surface area contributed by atoms with Crippen molar-refractivity contribution in [2.45, 2.75) is 4.90 Å². The Kier molecular flexibility index (Phi) is 3.50. The maximum atomic E-state index is 12.0. The molecule has 0 N–H and O–H groups in total. The lowest BCUT2D eigenvalue weighted by molar-refractivity contribution is 0.602. The van der Waals surface area contributed by atoms with Gasteiger partial charge in [-0.1, -0.05) is 41.4 Å². The Labute approximate surface area is 149 Å². The summed E-state index contributed by atoms with van der Waals surface area (Å²) in [6.45, 7) is 0. The van der Waals surface area contributed by atoms with Crippen molar-refractivity contribution >= 4 is 65.4 Å². The van der Waals surface area contributed by atoms with Crippen LogP contribution in [0.15, 0.2) is 59.5 Å². The summed E-state index contributed by atoms with van der Waals surface area (Å²) in [6, 6.07) is 16.6. The van der Waals surface area contributed by atoms with Crippen LogP contribution in [0.1, 0.15) is 0 Å². The molecule has 0 aliphatic carbocycles. The Morgan fingerprint density at radius 1 is 0.625 bits per heavy atom. The number of halogens is 2. The summed E-state index contributed by atoms with van der Waals surface area (Å²) < 4.78 is 23.9. The SMILES string of the molecule is CS(=O)(=O)c1ccc2c3cc(Cl)ccc3c3ccc(Cl)cc3c2c1. The second-order valence-corrected chi connectivity index (χ2v) is 8.75. The molecule has 4 aromatic rings. The molecule has 4 aromatic carbocycles. The summed E-state index contributed by atoms with van der Waals surface area (Å²) in [7, 11) is -3.29. The Hall–Kier alpha value is -1.81. The molecule has 0 unspecified atom stereocenters. The molecule has 0 spiro atoms. The molecule has 120 valence electrons. The Morgan fingerprint density at radius 3 is 1.58 bits per heavy atom. The van der Waals surface area contributed by atoms with Crippen LogP contribution in [0.4, 0.5) is 0 Å².